The normalized spacial score (nSPS) is 18.9. The molecule has 1 aromatic rings. The second-order valence-corrected chi connectivity index (χ2v) is 3.99. The van der Waals surface area contributed by atoms with Crippen LogP contribution in [0.15, 0.2) is 24.3 Å². The molecule has 2 N–H and O–H groups in total. The van der Waals surface area contributed by atoms with Crippen LogP contribution in [0.25, 0.3) is 0 Å². The molecular weight excluding hydrogens is 224 g/mol. The fraction of sp³-hybridized carbons (Fsp3) is 0.417. The van der Waals surface area contributed by atoms with Crippen LogP contribution in [-0.2, 0) is 4.79 Å². The molecule has 1 amide bonds. The van der Waals surface area contributed by atoms with Gasteiger partial charge in [0.1, 0.15) is 0 Å². The first kappa shape index (κ1) is 13.0. The van der Waals surface area contributed by atoms with Gasteiger partial charge in [0.25, 0.3) is 0 Å². The van der Waals surface area contributed by atoms with Crippen LogP contribution in [0.4, 0.5) is 5.69 Å². The molecule has 1 aromatic carbocycles. The molecular formula is C12H17ClN2O. The van der Waals surface area contributed by atoms with Crippen LogP contribution < -0.4 is 10.6 Å². The van der Waals surface area contributed by atoms with E-state index in [4.69, 9.17) is 0 Å². The summed E-state index contributed by atoms with van der Waals surface area (Å²) in [5.41, 5.74) is 2.03. The number of benzene rings is 1. The van der Waals surface area contributed by atoms with Crippen molar-refractivity contribution in [2.45, 2.75) is 13.3 Å². The van der Waals surface area contributed by atoms with E-state index in [2.05, 4.69) is 10.6 Å². The third-order valence-corrected chi connectivity index (χ3v) is 2.83. The molecule has 2 rings (SSSR count). The van der Waals surface area contributed by atoms with Gasteiger partial charge in [-0.2, -0.15) is 0 Å². The molecule has 3 nitrogen and oxygen atoms in total. The van der Waals surface area contributed by atoms with Crippen LogP contribution >= 0.6 is 12.4 Å². The first-order chi connectivity index (χ1) is 7.27. The van der Waals surface area contributed by atoms with Gasteiger partial charge in [-0.15, -0.1) is 12.4 Å². The molecule has 0 spiro atoms. The van der Waals surface area contributed by atoms with Crippen molar-refractivity contribution in [2.24, 2.45) is 5.92 Å². The molecule has 0 unspecified atom stereocenters. The predicted molar refractivity (Wildman–Crippen MR) is 68.0 cm³/mol. The van der Waals surface area contributed by atoms with Gasteiger partial charge in [-0.05, 0) is 31.5 Å². The van der Waals surface area contributed by atoms with E-state index in [-0.39, 0.29) is 24.2 Å². The number of amides is 1. The van der Waals surface area contributed by atoms with Crippen molar-refractivity contribution in [3.05, 3.63) is 29.8 Å². The highest BCUT2D eigenvalue weighted by molar-refractivity contribution is 5.93. The third-order valence-electron chi connectivity index (χ3n) is 2.83. The number of nitrogens with one attached hydrogen (secondary N) is 2. The summed E-state index contributed by atoms with van der Waals surface area (Å²) < 4.78 is 0. The lowest BCUT2D eigenvalue weighted by molar-refractivity contribution is -0.119. The van der Waals surface area contributed by atoms with Crippen LogP contribution in [0.2, 0.25) is 0 Å². The highest BCUT2D eigenvalue weighted by Crippen LogP contribution is 2.16. The minimum absolute atomic E-state index is 0. The second-order valence-electron chi connectivity index (χ2n) is 3.99. The van der Waals surface area contributed by atoms with E-state index in [0.29, 0.717) is 0 Å². The van der Waals surface area contributed by atoms with Crippen LogP contribution in [-0.4, -0.2) is 19.0 Å². The Bertz CT molecular complexity index is 362. The molecule has 1 aliphatic rings. The molecule has 0 saturated carbocycles. The van der Waals surface area contributed by atoms with E-state index in [1.807, 2.05) is 31.2 Å². The van der Waals surface area contributed by atoms with Gasteiger partial charge >= 0.3 is 0 Å². The number of hydrogen-bond acceptors (Lipinski definition) is 2. The Kier molecular flexibility index (Phi) is 4.77. The SMILES string of the molecule is Cc1ccccc1NC(=O)[C@@H]1CCNC1.Cl. The lowest BCUT2D eigenvalue weighted by atomic mass is 10.1. The molecule has 1 aliphatic heterocycles. The summed E-state index contributed by atoms with van der Waals surface area (Å²) in [5, 5.41) is 6.17. The zero-order valence-electron chi connectivity index (χ0n) is 9.32. The summed E-state index contributed by atoms with van der Waals surface area (Å²) in [6, 6.07) is 7.86. The van der Waals surface area contributed by atoms with Crippen molar-refractivity contribution < 1.29 is 4.79 Å². The van der Waals surface area contributed by atoms with E-state index in [1.165, 1.54) is 0 Å². The highest BCUT2D eigenvalue weighted by atomic mass is 35.5. The first-order valence-electron chi connectivity index (χ1n) is 5.34. The Morgan fingerprint density at radius 1 is 1.44 bits per heavy atom. The first-order valence-corrected chi connectivity index (χ1v) is 5.34. The smallest absolute Gasteiger partial charge is 0.228 e. The summed E-state index contributed by atoms with van der Waals surface area (Å²) in [6.45, 7) is 3.76. The molecule has 0 bridgehead atoms. The van der Waals surface area contributed by atoms with Crippen LogP contribution in [0, 0.1) is 12.8 Å². The van der Waals surface area contributed by atoms with Gasteiger partial charge in [0.15, 0.2) is 0 Å². The molecule has 0 radical (unpaired) electrons. The van der Waals surface area contributed by atoms with Crippen molar-refractivity contribution in [3.8, 4) is 0 Å². The lowest BCUT2D eigenvalue weighted by Crippen LogP contribution is -2.24. The number of carbonyl (C=O) groups excluding carboxylic acids is 1. The van der Waals surface area contributed by atoms with Gasteiger partial charge in [-0.1, -0.05) is 18.2 Å². The maximum absolute atomic E-state index is 11.8. The molecule has 1 saturated heterocycles. The lowest BCUT2D eigenvalue weighted by Gasteiger charge is -2.11. The fourth-order valence-electron chi connectivity index (χ4n) is 1.83. The summed E-state index contributed by atoms with van der Waals surface area (Å²) in [4.78, 5) is 11.8. The molecule has 1 fully saturated rings. The number of para-hydroxylation sites is 1. The predicted octanol–water partition coefficient (Wildman–Crippen LogP) is 1.96. The number of hydrogen-bond donors (Lipinski definition) is 2. The molecule has 16 heavy (non-hydrogen) atoms. The van der Waals surface area contributed by atoms with Gasteiger partial charge in [-0.3, -0.25) is 4.79 Å². The molecule has 0 aliphatic carbocycles. The second kappa shape index (κ2) is 5.87. The quantitative estimate of drug-likeness (QED) is 0.830. The summed E-state index contributed by atoms with van der Waals surface area (Å²) in [7, 11) is 0. The molecule has 1 heterocycles. The minimum atomic E-state index is 0. The standard InChI is InChI=1S/C12H16N2O.ClH/c1-9-4-2-3-5-11(9)14-12(15)10-6-7-13-8-10;/h2-5,10,13H,6-8H2,1H3,(H,14,15);1H/t10-;/m1./s1. The topological polar surface area (TPSA) is 41.1 Å². The maximum Gasteiger partial charge on any atom is 0.228 e. The van der Waals surface area contributed by atoms with Crippen LogP contribution in [0.3, 0.4) is 0 Å². The van der Waals surface area contributed by atoms with Gasteiger partial charge in [0, 0.05) is 12.2 Å². The van der Waals surface area contributed by atoms with Gasteiger partial charge < -0.3 is 10.6 Å². The largest absolute Gasteiger partial charge is 0.326 e. The molecule has 88 valence electrons. The molecule has 1 atom stereocenters. The van der Waals surface area contributed by atoms with E-state index >= 15 is 0 Å². The van der Waals surface area contributed by atoms with Gasteiger partial charge in [0.2, 0.25) is 5.91 Å². The van der Waals surface area contributed by atoms with Crippen molar-refractivity contribution >= 4 is 24.0 Å². The minimum Gasteiger partial charge on any atom is -0.326 e. The monoisotopic (exact) mass is 240 g/mol. The summed E-state index contributed by atoms with van der Waals surface area (Å²) in [6.07, 6.45) is 0.942. The van der Waals surface area contributed by atoms with E-state index < -0.39 is 0 Å². The van der Waals surface area contributed by atoms with Crippen LogP contribution in [0.5, 0.6) is 0 Å². The Balaban J connectivity index is 0.00000128. The summed E-state index contributed by atoms with van der Waals surface area (Å²) >= 11 is 0. The van der Waals surface area contributed by atoms with Gasteiger partial charge in [0.05, 0.1) is 5.92 Å². The number of halogens is 1. The zero-order chi connectivity index (χ0) is 10.7. The Hall–Kier alpha value is -1.06. The van der Waals surface area contributed by atoms with Crippen molar-refractivity contribution in [3.63, 3.8) is 0 Å². The average molecular weight is 241 g/mol. The number of carbonyl (C=O) groups is 1. The molecule has 0 aromatic heterocycles. The third kappa shape index (κ3) is 2.97. The van der Waals surface area contributed by atoms with Crippen molar-refractivity contribution in [2.75, 3.05) is 18.4 Å². The maximum atomic E-state index is 11.8. The highest BCUT2D eigenvalue weighted by Gasteiger charge is 2.22. The van der Waals surface area contributed by atoms with Crippen molar-refractivity contribution in [1.82, 2.24) is 5.32 Å². The Labute approximate surface area is 102 Å². The van der Waals surface area contributed by atoms with E-state index in [9.17, 15) is 4.79 Å². The van der Waals surface area contributed by atoms with Crippen LogP contribution in [0.1, 0.15) is 12.0 Å². The number of aryl methyl sites for hydroxylation is 1. The summed E-state index contributed by atoms with van der Waals surface area (Å²) in [5.74, 6) is 0.263. The molecule has 4 heteroatoms. The number of rotatable bonds is 2. The zero-order valence-corrected chi connectivity index (χ0v) is 10.1. The van der Waals surface area contributed by atoms with Gasteiger partial charge in [-0.25, -0.2) is 0 Å². The van der Waals surface area contributed by atoms with E-state index in [1.54, 1.807) is 0 Å². The fourth-order valence-corrected chi connectivity index (χ4v) is 1.83. The van der Waals surface area contributed by atoms with E-state index in [0.717, 1.165) is 30.8 Å². The Morgan fingerprint density at radius 3 is 2.81 bits per heavy atom. The Morgan fingerprint density at radius 2 is 2.19 bits per heavy atom. The average Bonchev–Trinajstić information content (AvgIpc) is 2.74. The van der Waals surface area contributed by atoms with Crippen molar-refractivity contribution in [1.29, 1.82) is 0 Å². The number of anilines is 1.